The van der Waals surface area contributed by atoms with Gasteiger partial charge in [-0.1, -0.05) is 11.8 Å². The van der Waals surface area contributed by atoms with E-state index in [2.05, 4.69) is 10.3 Å². The summed E-state index contributed by atoms with van der Waals surface area (Å²) in [6.07, 6.45) is 1.33. The molecule has 3 rings (SSSR count). The Hall–Kier alpha value is -2.48. The van der Waals surface area contributed by atoms with Gasteiger partial charge in [-0.15, -0.1) is 0 Å². The van der Waals surface area contributed by atoms with E-state index in [0.717, 1.165) is 5.75 Å². The van der Waals surface area contributed by atoms with Crippen molar-refractivity contribution in [3.8, 4) is 11.5 Å². The summed E-state index contributed by atoms with van der Waals surface area (Å²) >= 11 is 1.51. The van der Waals surface area contributed by atoms with E-state index in [1.54, 1.807) is 18.2 Å². The van der Waals surface area contributed by atoms with Gasteiger partial charge in [0.2, 0.25) is 0 Å². The maximum absolute atomic E-state index is 12.4. The summed E-state index contributed by atoms with van der Waals surface area (Å²) in [4.78, 5) is 28.9. The van der Waals surface area contributed by atoms with Crippen LogP contribution < -0.4 is 20.3 Å². The molecule has 0 fully saturated rings. The zero-order valence-electron chi connectivity index (χ0n) is 13.4. The first-order valence-electron chi connectivity index (χ1n) is 7.49. The number of anilines is 1. The van der Waals surface area contributed by atoms with Crippen molar-refractivity contribution in [1.29, 1.82) is 0 Å². The third kappa shape index (κ3) is 3.09. The van der Waals surface area contributed by atoms with Crippen LogP contribution in [0.3, 0.4) is 0 Å². The van der Waals surface area contributed by atoms with Crippen LogP contribution in [0.15, 0.2) is 34.3 Å². The molecular weight excluding hydrogens is 330 g/mol. The number of hydrogen-bond donors (Lipinski definition) is 1. The molecule has 0 bridgehead atoms. The number of carbonyl (C=O) groups is 1. The van der Waals surface area contributed by atoms with Gasteiger partial charge in [0.05, 0.1) is 13.7 Å². The van der Waals surface area contributed by atoms with Gasteiger partial charge < -0.3 is 14.8 Å². The summed E-state index contributed by atoms with van der Waals surface area (Å²) in [7, 11) is 1.53. The Morgan fingerprint density at radius 2 is 2.25 bits per heavy atom. The molecule has 7 nitrogen and oxygen atoms in total. The summed E-state index contributed by atoms with van der Waals surface area (Å²) in [5.41, 5.74) is 0.217. The Bertz CT molecular complexity index is 835. The van der Waals surface area contributed by atoms with Gasteiger partial charge in [0.15, 0.2) is 16.7 Å². The Kier molecular flexibility index (Phi) is 4.75. The SMILES string of the molecule is CCOc1ccc(NC(=O)c2cnc3n(c2=O)CCS3)cc1OC. The molecule has 1 aliphatic heterocycles. The molecule has 1 aromatic carbocycles. The molecular formula is C16H17N3O4S. The molecule has 1 aliphatic rings. The second-order valence-corrected chi connectivity index (χ2v) is 6.07. The zero-order chi connectivity index (χ0) is 17.1. The second kappa shape index (κ2) is 6.96. The molecule has 0 atom stereocenters. The molecule has 0 radical (unpaired) electrons. The first-order valence-corrected chi connectivity index (χ1v) is 8.47. The highest BCUT2D eigenvalue weighted by atomic mass is 32.2. The molecule has 1 amide bonds. The van der Waals surface area contributed by atoms with E-state index in [-0.39, 0.29) is 11.1 Å². The highest BCUT2D eigenvalue weighted by Gasteiger charge is 2.20. The lowest BCUT2D eigenvalue weighted by Crippen LogP contribution is -2.29. The average molecular weight is 347 g/mol. The van der Waals surface area contributed by atoms with Crippen LogP contribution in [0, 0.1) is 0 Å². The molecule has 0 aliphatic carbocycles. The van der Waals surface area contributed by atoms with Crippen LogP contribution in [-0.2, 0) is 6.54 Å². The Labute approximate surface area is 143 Å². The number of hydrogen-bond acceptors (Lipinski definition) is 6. The third-order valence-corrected chi connectivity index (χ3v) is 4.49. The predicted molar refractivity (Wildman–Crippen MR) is 91.3 cm³/mol. The predicted octanol–water partition coefficient (Wildman–Crippen LogP) is 2.01. The van der Waals surface area contributed by atoms with E-state index >= 15 is 0 Å². The fraction of sp³-hybridized carbons (Fsp3) is 0.312. The van der Waals surface area contributed by atoms with Crippen LogP contribution in [-0.4, -0.2) is 34.9 Å². The van der Waals surface area contributed by atoms with E-state index in [4.69, 9.17) is 9.47 Å². The van der Waals surface area contributed by atoms with Crippen molar-refractivity contribution in [2.24, 2.45) is 0 Å². The molecule has 126 valence electrons. The van der Waals surface area contributed by atoms with Crippen LogP contribution >= 0.6 is 11.8 Å². The number of benzene rings is 1. The van der Waals surface area contributed by atoms with Crippen molar-refractivity contribution >= 4 is 23.4 Å². The van der Waals surface area contributed by atoms with Crippen molar-refractivity contribution in [2.75, 3.05) is 24.8 Å². The van der Waals surface area contributed by atoms with Gasteiger partial charge in [-0.05, 0) is 19.1 Å². The zero-order valence-corrected chi connectivity index (χ0v) is 14.2. The fourth-order valence-corrected chi connectivity index (χ4v) is 3.31. The van der Waals surface area contributed by atoms with E-state index in [1.165, 1.54) is 29.6 Å². The highest BCUT2D eigenvalue weighted by molar-refractivity contribution is 7.99. The van der Waals surface area contributed by atoms with Crippen molar-refractivity contribution in [3.05, 3.63) is 40.3 Å². The van der Waals surface area contributed by atoms with Gasteiger partial charge in [-0.2, -0.15) is 0 Å². The second-order valence-electron chi connectivity index (χ2n) is 5.01. The largest absolute Gasteiger partial charge is 0.493 e. The molecule has 2 aromatic rings. The van der Waals surface area contributed by atoms with E-state index in [1.807, 2.05) is 6.92 Å². The average Bonchev–Trinajstić information content (AvgIpc) is 3.06. The van der Waals surface area contributed by atoms with Crippen molar-refractivity contribution in [1.82, 2.24) is 9.55 Å². The van der Waals surface area contributed by atoms with Gasteiger partial charge in [0.1, 0.15) is 5.56 Å². The number of amides is 1. The molecule has 1 N–H and O–H groups in total. The smallest absolute Gasteiger partial charge is 0.267 e. The first kappa shape index (κ1) is 16.4. The highest BCUT2D eigenvalue weighted by Crippen LogP contribution is 2.30. The number of rotatable bonds is 5. The number of fused-ring (bicyclic) bond motifs is 1. The Balaban J connectivity index is 1.84. The third-order valence-electron chi connectivity index (χ3n) is 3.52. The van der Waals surface area contributed by atoms with E-state index in [9.17, 15) is 9.59 Å². The lowest BCUT2D eigenvalue weighted by Gasteiger charge is -2.12. The van der Waals surface area contributed by atoms with Crippen molar-refractivity contribution in [3.63, 3.8) is 0 Å². The molecule has 0 spiro atoms. The van der Waals surface area contributed by atoms with Gasteiger partial charge in [-0.25, -0.2) is 4.98 Å². The summed E-state index contributed by atoms with van der Waals surface area (Å²) in [5, 5.41) is 3.35. The van der Waals surface area contributed by atoms with Gasteiger partial charge in [-0.3, -0.25) is 14.2 Å². The molecule has 2 heterocycles. The number of ether oxygens (including phenoxy) is 2. The summed E-state index contributed by atoms with van der Waals surface area (Å²) in [5.74, 6) is 1.40. The summed E-state index contributed by atoms with van der Waals surface area (Å²) < 4.78 is 12.2. The minimum absolute atomic E-state index is 0.0223. The molecule has 0 unspecified atom stereocenters. The first-order chi connectivity index (χ1) is 11.6. The lowest BCUT2D eigenvalue weighted by molar-refractivity contribution is 0.102. The van der Waals surface area contributed by atoms with Gasteiger partial charge in [0.25, 0.3) is 11.5 Å². The lowest BCUT2D eigenvalue weighted by atomic mass is 10.2. The number of carbonyl (C=O) groups excluding carboxylic acids is 1. The van der Waals surface area contributed by atoms with Gasteiger partial charge in [0, 0.05) is 30.2 Å². The topological polar surface area (TPSA) is 82.5 Å². The van der Waals surface area contributed by atoms with Crippen molar-refractivity contribution < 1.29 is 14.3 Å². The monoisotopic (exact) mass is 347 g/mol. The Morgan fingerprint density at radius 1 is 1.42 bits per heavy atom. The van der Waals surface area contributed by atoms with Crippen molar-refractivity contribution in [2.45, 2.75) is 18.6 Å². The number of thioether (sulfide) groups is 1. The molecule has 0 saturated carbocycles. The fourth-order valence-electron chi connectivity index (χ4n) is 2.39. The Morgan fingerprint density at radius 3 is 3.00 bits per heavy atom. The summed E-state index contributed by atoms with van der Waals surface area (Å²) in [6.45, 7) is 2.96. The van der Waals surface area contributed by atoms with E-state index < -0.39 is 5.91 Å². The molecule has 1 aromatic heterocycles. The van der Waals surface area contributed by atoms with Gasteiger partial charge >= 0.3 is 0 Å². The van der Waals surface area contributed by atoms with Crippen LogP contribution in [0.4, 0.5) is 5.69 Å². The molecule has 24 heavy (non-hydrogen) atoms. The number of nitrogens with one attached hydrogen (secondary N) is 1. The van der Waals surface area contributed by atoms with Crippen LogP contribution in [0.25, 0.3) is 0 Å². The quantitative estimate of drug-likeness (QED) is 0.833. The molecule has 8 heteroatoms. The van der Waals surface area contributed by atoms with Crippen LogP contribution in [0.1, 0.15) is 17.3 Å². The summed E-state index contributed by atoms with van der Waals surface area (Å²) in [6, 6.07) is 5.05. The number of nitrogens with zero attached hydrogens (tertiary/aromatic N) is 2. The standard InChI is InChI=1S/C16H17N3O4S/c1-3-23-12-5-4-10(8-13(12)22-2)18-14(20)11-9-17-16-19(15(11)21)6-7-24-16/h4-5,8-9H,3,6-7H2,1-2H3,(H,18,20). The minimum atomic E-state index is -0.495. The maximum Gasteiger partial charge on any atom is 0.267 e. The van der Waals surface area contributed by atoms with Crippen LogP contribution in [0.2, 0.25) is 0 Å². The molecule has 0 saturated heterocycles. The van der Waals surface area contributed by atoms with Crippen LogP contribution in [0.5, 0.6) is 11.5 Å². The number of aromatic nitrogens is 2. The maximum atomic E-state index is 12.4. The van der Waals surface area contributed by atoms with E-state index in [0.29, 0.717) is 35.5 Å². The minimum Gasteiger partial charge on any atom is -0.493 e. The number of methoxy groups -OCH3 is 1. The normalized spacial score (nSPS) is 12.6.